The number of unbranched alkanes of at least 4 members (excludes halogenated alkanes) is 2. The second-order valence-electron chi connectivity index (χ2n) is 5.73. The number of alkyl halides is 1. The molecule has 106 valence electrons. The average Bonchev–Trinajstić information content (AvgIpc) is 2.84. The Kier molecular flexibility index (Phi) is 5.14. The van der Waals surface area contributed by atoms with E-state index in [1.165, 1.54) is 57.4 Å². The van der Waals surface area contributed by atoms with E-state index in [4.69, 9.17) is 0 Å². The van der Waals surface area contributed by atoms with Crippen LogP contribution in [0.2, 0.25) is 0 Å². The Labute approximate surface area is 124 Å². The summed E-state index contributed by atoms with van der Waals surface area (Å²) >= 11 is 3.47. The van der Waals surface area contributed by atoms with Gasteiger partial charge in [0.25, 0.3) is 0 Å². The molecule has 3 heteroatoms. The molecule has 1 aromatic carbocycles. The van der Waals surface area contributed by atoms with Crippen molar-refractivity contribution < 1.29 is 10.2 Å². The third kappa shape index (κ3) is 3.65. The maximum Gasteiger partial charge on any atom is 0.119 e. The number of halogens is 1. The van der Waals surface area contributed by atoms with E-state index in [1.807, 2.05) is 12.1 Å². The van der Waals surface area contributed by atoms with E-state index < -0.39 is 0 Å². The van der Waals surface area contributed by atoms with Crippen LogP contribution in [0, 0.1) is 0 Å². The molecule has 0 atom stereocenters. The van der Waals surface area contributed by atoms with Crippen molar-refractivity contribution in [2.24, 2.45) is 0 Å². The predicted molar refractivity (Wildman–Crippen MR) is 82.2 cm³/mol. The molecule has 0 spiro atoms. The smallest absolute Gasteiger partial charge is 0.119 e. The largest absolute Gasteiger partial charge is 0.508 e. The van der Waals surface area contributed by atoms with Crippen LogP contribution in [0.1, 0.15) is 56.9 Å². The van der Waals surface area contributed by atoms with Gasteiger partial charge < -0.3 is 10.2 Å². The molecule has 0 unspecified atom stereocenters. The SMILES string of the molecule is Oc1cc(O)cc(C2(CCCCCBr)CCCC2)c1. The second-order valence-corrected chi connectivity index (χ2v) is 6.52. The fourth-order valence-electron chi connectivity index (χ4n) is 3.37. The van der Waals surface area contributed by atoms with Gasteiger partial charge in [-0.15, -0.1) is 0 Å². The predicted octanol–water partition coefficient (Wildman–Crippen LogP) is 4.86. The Balaban J connectivity index is 2.13. The number of phenols is 2. The summed E-state index contributed by atoms with van der Waals surface area (Å²) in [4.78, 5) is 0. The van der Waals surface area contributed by atoms with Gasteiger partial charge in [-0.05, 0) is 48.8 Å². The summed E-state index contributed by atoms with van der Waals surface area (Å²) in [5.74, 6) is 0.364. The van der Waals surface area contributed by atoms with Gasteiger partial charge in [0, 0.05) is 11.4 Å². The van der Waals surface area contributed by atoms with Gasteiger partial charge in [0.1, 0.15) is 11.5 Å². The second kappa shape index (κ2) is 6.65. The molecular weight excluding hydrogens is 304 g/mol. The molecule has 1 aliphatic rings. The molecule has 1 fully saturated rings. The van der Waals surface area contributed by atoms with Crippen molar-refractivity contribution in [3.05, 3.63) is 23.8 Å². The fraction of sp³-hybridized carbons (Fsp3) is 0.625. The van der Waals surface area contributed by atoms with E-state index in [9.17, 15) is 10.2 Å². The summed E-state index contributed by atoms with van der Waals surface area (Å²) in [6.45, 7) is 0. The van der Waals surface area contributed by atoms with Crippen LogP contribution in [0.25, 0.3) is 0 Å². The number of phenolic OH excluding ortho intramolecular Hbond substituents is 2. The van der Waals surface area contributed by atoms with Gasteiger partial charge in [-0.25, -0.2) is 0 Å². The Morgan fingerprint density at radius 2 is 1.58 bits per heavy atom. The first kappa shape index (κ1) is 14.7. The normalized spacial score (nSPS) is 17.7. The zero-order valence-corrected chi connectivity index (χ0v) is 13.0. The van der Waals surface area contributed by atoms with Gasteiger partial charge in [0.2, 0.25) is 0 Å². The molecule has 2 N–H and O–H groups in total. The molecule has 1 aliphatic carbocycles. The summed E-state index contributed by atoms with van der Waals surface area (Å²) < 4.78 is 0. The number of hydrogen-bond acceptors (Lipinski definition) is 2. The van der Waals surface area contributed by atoms with Crippen LogP contribution >= 0.6 is 15.9 Å². The number of aromatic hydroxyl groups is 2. The highest BCUT2D eigenvalue weighted by atomic mass is 79.9. The first-order valence-electron chi connectivity index (χ1n) is 7.26. The zero-order chi connectivity index (χ0) is 13.7. The average molecular weight is 327 g/mol. The molecule has 1 aromatic rings. The standard InChI is InChI=1S/C16H23BrO2/c17-9-5-1-2-6-16(7-3-4-8-16)13-10-14(18)12-15(19)11-13/h10-12,18-19H,1-9H2. The maximum atomic E-state index is 9.71. The highest BCUT2D eigenvalue weighted by Gasteiger charge is 2.35. The van der Waals surface area contributed by atoms with Crippen molar-refractivity contribution in [2.45, 2.75) is 56.8 Å². The van der Waals surface area contributed by atoms with Gasteiger partial charge >= 0.3 is 0 Å². The van der Waals surface area contributed by atoms with Crippen molar-refractivity contribution in [1.82, 2.24) is 0 Å². The minimum absolute atomic E-state index is 0.182. The topological polar surface area (TPSA) is 40.5 Å². The van der Waals surface area contributed by atoms with E-state index >= 15 is 0 Å². The number of hydrogen-bond donors (Lipinski definition) is 2. The van der Waals surface area contributed by atoms with Crippen LogP contribution < -0.4 is 0 Å². The van der Waals surface area contributed by atoms with E-state index in [0.29, 0.717) is 0 Å². The lowest BCUT2D eigenvalue weighted by Gasteiger charge is -2.30. The maximum absolute atomic E-state index is 9.71. The van der Waals surface area contributed by atoms with Crippen molar-refractivity contribution in [3.63, 3.8) is 0 Å². The third-order valence-corrected chi connectivity index (χ3v) is 4.93. The molecule has 19 heavy (non-hydrogen) atoms. The van der Waals surface area contributed by atoms with Gasteiger partial charge in [0.05, 0.1) is 0 Å². The lowest BCUT2D eigenvalue weighted by Crippen LogP contribution is -2.21. The molecule has 2 rings (SSSR count). The van der Waals surface area contributed by atoms with Crippen molar-refractivity contribution in [2.75, 3.05) is 5.33 Å². The Morgan fingerprint density at radius 1 is 0.947 bits per heavy atom. The van der Waals surface area contributed by atoms with E-state index in [0.717, 1.165) is 10.9 Å². The van der Waals surface area contributed by atoms with Crippen LogP contribution in [0.15, 0.2) is 18.2 Å². The van der Waals surface area contributed by atoms with Gasteiger partial charge in [0.15, 0.2) is 0 Å². The molecule has 0 saturated heterocycles. The third-order valence-electron chi connectivity index (χ3n) is 4.36. The highest BCUT2D eigenvalue weighted by molar-refractivity contribution is 9.09. The molecule has 0 bridgehead atoms. The quantitative estimate of drug-likeness (QED) is 0.578. The van der Waals surface area contributed by atoms with E-state index in [1.54, 1.807) is 0 Å². The van der Waals surface area contributed by atoms with Gasteiger partial charge in [-0.3, -0.25) is 0 Å². The first-order valence-corrected chi connectivity index (χ1v) is 8.38. The monoisotopic (exact) mass is 326 g/mol. The molecule has 0 radical (unpaired) electrons. The van der Waals surface area contributed by atoms with Crippen LogP contribution in [-0.4, -0.2) is 15.5 Å². The minimum atomic E-state index is 0.182. The molecule has 0 heterocycles. The first-order chi connectivity index (χ1) is 9.16. The molecule has 2 nitrogen and oxygen atoms in total. The van der Waals surface area contributed by atoms with Gasteiger partial charge in [-0.2, -0.15) is 0 Å². The Bertz CT molecular complexity index is 391. The molecular formula is C16H23BrO2. The van der Waals surface area contributed by atoms with Crippen LogP contribution in [0.4, 0.5) is 0 Å². The molecule has 1 saturated carbocycles. The molecule has 0 aromatic heterocycles. The number of benzene rings is 1. The Morgan fingerprint density at radius 3 is 2.16 bits per heavy atom. The van der Waals surface area contributed by atoms with E-state index in [2.05, 4.69) is 15.9 Å². The highest BCUT2D eigenvalue weighted by Crippen LogP contribution is 2.46. The summed E-state index contributed by atoms with van der Waals surface area (Å²) in [5, 5.41) is 20.5. The lowest BCUT2D eigenvalue weighted by molar-refractivity contribution is 0.379. The van der Waals surface area contributed by atoms with Crippen LogP contribution in [0.5, 0.6) is 11.5 Å². The minimum Gasteiger partial charge on any atom is -0.508 e. The summed E-state index contributed by atoms with van der Waals surface area (Å²) in [5.41, 5.74) is 1.31. The molecule has 0 aliphatic heterocycles. The summed E-state index contributed by atoms with van der Waals surface area (Å²) in [6, 6.07) is 5.10. The van der Waals surface area contributed by atoms with Crippen LogP contribution in [-0.2, 0) is 5.41 Å². The van der Waals surface area contributed by atoms with Gasteiger partial charge in [-0.1, -0.05) is 41.6 Å². The lowest BCUT2D eigenvalue weighted by atomic mass is 9.75. The van der Waals surface area contributed by atoms with Crippen molar-refractivity contribution >= 4 is 15.9 Å². The van der Waals surface area contributed by atoms with Crippen molar-refractivity contribution in [3.8, 4) is 11.5 Å². The van der Waals surface area contributed by atoms with Crippen LogP contribution in [0.3, 0.4) is 0 Å². The Hall–Kier alpha value is -0.700. The fourth-order valence-corrected chi connectivity index (χ4v) is 3.77. The summed E-state index contributed by atoms with van der Waals surface area (Å²) in [6.07, 6.45) is 9.75. The number of rotatable bonds is 6. The van der Waals surface area contributed by atoms with Crippen molar-refractivity contribution in [1.29, 1.82) is 0 Å². The summed E-state index contributed by atoms with van der Waals surface area (Å²) in [7, 11) is 0. The van der Waals surface area contributed by atoms with E-state index in [-0.39, 0.29) is 16.9 Å². The zero-order valence-electron chi connectivity index (χ0n) is 11.4. The molecule has 0 amide bonds.